The standard InChI is InChI=1S/C20H28N2OS/c23-19(22-5-3-17(4-6-22)18-2-1-7-24-18)21-20-11-14-8-15(12-20)10-16(9-14)13-20/h1-2,7,14-17H,3-6,8-13H2,(H,21,23). The molecule has 2 heterocycles. The molecule has 0 atom stereocenters. The molecular formula is C20H28N2OS. The van der Waals surface area contributed by atoms with Gasteiger partial charge in [0.25, 0.3) is 0 Å². The first kappa shape index (κ1) is 15.2. The van der Waals surface area contributed by atoms with Crippen LogP contribution in [-0.2, 0) is 0 Å². The molecule has 4 bridgehead atoms. The van der Waals surface area contributed by atoms with Crippen LogP contribution < -0.4 is 5.32 Å². The van der Waals surface area contributed by atoms with Gasteiger partial charge >= 0.3 is 6.03 Å². The van der Waals surface area contributed by atoms with E-state index in [1.807, 2.05) is 11.3 Å². The second-order valence-corrected chi connectivity index (χ2v) is 9.88. The Morgan fingerprint density at radius 3 is 2.25 bits per heavy atom. The summed E-state index contributed by atoms with van der Waals surface area (Å²) in [7, 11) is 0. The summed E-state index contributed by atoms with van der Waals surface area (Å²) in [4.78, 5) is 16.5. The number of thiophene rings is 1. The average molecular weight is 345 g/mol. The number of hydrogen-bond donors (Lipinski definition) is 1. The number of nitrogens with one attached hydrogen (secondary N) is 1. The molecule has 24 heavy (non-hydrogen) atoms. The number of rotatable bonds is 2. The lowest BCUT2D eigenvalue weighted by atomic mass is 9.53. The van der Waals surface area contributed by atoms with E-state index in [1.54, 1.807) is 0 Å². The molecule has 5 aliphatic rings. The van der Waals surface area contributed by atoms with Crippen molar-refractivity contribution in [3.8, 4) is 0 Å². The number of carbonyl (C=O) groups is 1. The Kier molecular flexibility index (Phi) is 3.66. The quantitative estimate of drug-likeness (QED) is 0.835. The zero-order valence-electron chi connectivity index (χ0n) is 14.4. The fraction of sp³-hybridized carbons (Fsp3) is 0.750. The highest BCUT2D eigenvalue weighted by Crippen LogP contribution is 2.55. The highest BCUT2D eigenvalue weighted by Gasteiger charge is 2.51. The van der Waals surface area contributed by atoms with Crippen molar-refractivity contribution >= 4 is 17.4 Å². The Labute approximate surface area is 148 Å². The Morgan fingerprint density at radius 1 is 1.08 bits per heavy atom. The summed E-state index contributed by atoms with van der Waals surface area (Å²) in [5.74, 6) is 3.33. The molecule has 0 aromatic carbocycles. The molecular weight excluding hydrogens is 316 g/mol. The first-order valence-electron chi connectivity index (χ1n) is 9.80. The molecule has 0 spiro atoms. The predicted molar refractivity (Wildman–Crippen MR) is 97.3 cm³/mol. The van der Waals surface area contributed by atoms with Gasteiger partial charge < -0.3 is 10.2 Å². The fourth-order valence-electron chi connectivity index (χ4n) is 6.46. The largest absolute Gasteiger partial charge is 0.333 e. The van der Waals surface area contributed by atoms with Crippen LogP contribution in [-0.4, -0.2) is 29.6 Å². The molecule has 1 saturated heterocycles. The Morgan fingerprint density at radius 2 is 1.71 bits per heavy atom. The van der Waals surface area contributed by atoms with Crippen molar-refractivity contribution in [1.82, 2.24) is 10.2 Å². The molecule has 1 N–H and O–H groups in total. The Hall–Kier alpha value is -1.03. The maximum Gasteiger partial charge on any atom is 0.317 e. The lowest BCUT2D eigenvalue weighted by Crippen LogP contribution is -2.62. The summed E-state index contributed by atoms with van der Waals surface area (Å²) >= 11 is 1.86. The van der Waals surface area contributed by atoms with E-state index in [4.69, 9.17) is 0 Å². The van der Waals surface area contributed by atoms with Crippen molar-refractivity contribution in [1.29, 1.82) is 0 Å². The van der Waals surface area contributed by atoms with Crippen LogP contribution in [0, 0.1) is 17.8 Å². The van der Waals surface area contributed by atoms with Crippen molar-refractivity contribution < 1.29 is 4.79 Å². The highest BCUT2D eigenvalue weighted by atomic mass is 32.1. The number of likely N-dealkylation sites (tertiary alicyclic amines) is 1. The van der Waals surface area contributed by atoms with Crippen molar-refractivity contribution in [2.45, 2.75) is 62.8 Å². The number of urea groups is 1. The summed E-state index contributed by atoms with van der Waals surface area (Å²) in [5.41, 5.74) is 0.149. The van der Waals surface area contributed by atoms with E-state index >= 15 is 0 Å². The Bertz CT molecular complexity index is 568. The first-order chi connectivity index (χ1) is 11.7. The third kappa shape index (κ3) is 2.67. The van der Waals surface area contributed by atoms with Crippen LogP contribution in [0.1, 0.15) is 62.2 Å². The van der Waals surface area contributed by atoms with Crippen molar-refractivity contribution in [3.63, 3.8) is 0 Å². The third-order valence-corrected chi connectivity index (χ3v) is 8.17. The molecule has 2 amide bonds. The second-order valence-electron chi connectivity index (χ2n) is 8.90. The van der Waals surface area contributed by atoms with Gasteiger partial charge in [-0.3, -0.25) is 0 Å². The van der Waals surface area contributed by atoms with Crippen molar-refractivity contribution in [2.75, 3.05) is 13.1 Å². The van der Waals surface area contributed by atoms with Gasteiger partial charge in [0.15, 0.2) is 0 Å². The van der Waals surface area contributed by atoms with Gasteiger partial charge in [-0.25, -0.2) is 4.79 Å². The van der Waals surface area contributed by atoms with Gasteiger partial charge in [0.05, 0.1) is 0 Å². The maximum absolute atomic E-state index is 12.9. The molecule has 5 fully saturated rings. The topological polar surface area (TPSA) is 32.3 Å². The van der Waals surface area contributed by atoms with Crippen molar-refractivity contribution in [2.24, 2.45) is 17.8 Å². The predicted octanol–water partition coefficient (Wildman–Crippen LogP) is 4.61. The van der Waals surface area contributed by atoms with Gasteiger partial charge in [0.1, 0.15) is 0 Å². The van der Waals surface area contributed by atoms with Gasteiger partial charge in [0.2, 0.25) is 0 Å². The molecule has 1 aromatic heterocycles. The summed E-state index contributed by atoms with van der Waals surface area (Å²) in [6.07, 6.45) is 10.3. The normalized spacial score (nSPS) is 38.5. The summed E-state index contributed by atoms with van der Waals surface area (Å²) in [6.45, 7) is 1.83. The zero-order valence-corrected chi connectivity index (χ0v) is 15.2. The van der Waals surface area contributed by atoms with Crippen LogP contribution in [0.2, 0.25) is 0 Å². The number of piperidine rings is 1. The number of amides is 2. The van der Waals surface area contributed by atoms with E-state index in [-0.39, 0.29) is 11.6 Å². The maximum atomic E-state index is 12.9. The van der Waals surface area contributed by atoms with Crippen LogP contribution in [0.4, 0.5) is 4.79 Å². The number of carbonyl (C=O) groups excluding carboxylic acids is 1. The molecule has 0 radical (unpaired) electrons. The van der Waals surface area contributed by atoms with E-state index in [1.165, 1.54) is 43.4 Å². The minimum absolute atomic E-state index is 0.149. The zero-order chi connectivity index (χ0) is 16.1. The van der Waals surface area contributed by atoms with Crippen LogP contribution in [0.3, 0.4) is 0 Å². The van der Waals surface area contributed by atoms with E-state index in [9.17, 15) is 4.79 Å². The van der Waals surface area contributed by atoms with Gasteiger partial charge in [-0.15, -0.1) is 11.3 Å². The molecule has 6 rings (SSSR count). The molecule has 0 unspecified atom stereocenters. The highest BCUT2D eigenvalue weighted by molar-refractivity contribution is 7.10. The fourth-order valence-corrected chi connectivity index (χ4v) is 7.36. The SMILES string of the molecule is O=C(NC12CC3CC(CC(C3)C1)C2)N1CCC(c2cccs2)CC1. The van der Waals surface area contributed by atoms with Gasteiger partial charge in [-0.2, -0.15) is 0 Å². The monoisotopic (exact) mass is 344 g/mol. The molecule has 1 aliphatic heterocycles. The van der Waals surface area contributed by atoms with Crippen LogP contribution in [0.25, 0.3) is 0 Å². The summed E-state index contributed by atoms with van der Waals surface area (Å²) in [6, 6.07) is 4.62. The molecule has 130 valence electrons. The third-order valence-electron chi connectivity index (χ3n) is 7.14. The van der Waals surface area contributed by atoms with Gasteiger partial charge in [-0.1, -0.05) is 6.07 Å². The molecule has 3 nitrogen and oxygen atoms in total. The van der Waals surface area contributed by atoms with E-state index in [0.717, 1.165) is 43.7 Å². The van der Waals surface area contributed by atoms with E-state index < -0.39 is 0 Å². The first-order valence-corrected chi connectivity index (χ1v) is 10.7. The summed E-state index contributed by atoms with van der Waals surface area (Å²) < 4.78 is 0. The number of nitrogens with zero attached hydrogens (tertiary/aromatic N) is 1. The smallest absolute Gasteiger partial charge is 0.317 e. The minimum Gasteiger partial charge on any atom is -0.333 e. The Balaban J connectivity index is 1.21. The average Bonchev–Trinajstić information content (AvgIpc) is 3.07. The van der Waals surface area contributed by atoms with Crippen LogP contribution >= 0.6 is 11.3 Å². The lowest BCUT2D eigenvalue weighted by Gasteiger charge is -2.57. The minimum atomic E-state index is 0.149. The van der Waals surface area contributed by atoms with E-state index in [2.05, 4.69) is 27.7 Å². The van der Waals surface area contributed by atoms with E-state index in [0.29, 0.717) is 5.92 Å². The van der Waals surface area contributed by atoms with Crippen LogP contribution in [0.5, 0.6) is 0 Å². The summed E-state index contributed by atoms with van der Waals surface area (Å²) in [5, 5.41) is 5.70. The molecule has 4 heteroatoms. The van der Waals surface area contributed by atoms with Crippen LogP contribution in [0.15, 0.2) is 17.5 Å². The van der Waals surface area contributed by atoms with Crippen molar-refractivity contribution in [3.05, 3.63) is 22.4 Å². The van der Waals surface area contributed by atoms with Gasteiger partial charge in [-0.05, 0) is 86.5 Å². The van der Waals surface area contributed by atoms with Gasteiger partial charge in [0, 0.05) is 23.5 Å². The molecule has 1 aromatic rings. The molecule has 4 saturated carbocycles. The lowest BCUT2D eigenvalue weighted by molar-refractivity contribution is -0.0160. The second kappa shape index (κ2) is 5.76. The number of hydrogen-bond acceptors (Lipinski definition) is 2. The molecule has 4 aliphatic carbocycles.